The second kappa shape index (κ2) is 5.85. The molecule has 0 atom stereocenters. The van der Waals surface area contributed by atoms with Gasteiger partial charge in [-0.3, -0.25) is 4.79 Å². The summed E-state index contributed by atoms with van der Waals surface area (Å²) in [6.07, 6.45) is 0. The Morgan fingerprint density at radius 2 is 1.56 bits per heavy atom. The molecule has 0 spiro atoms. The first-order valence-electron chi connectivity index (χ1n) is 8.62. The normalized spacial score (nSPS) is 11.3. The molecule has 1 amide bonds. The van der Waals surface area contributed by atoms with Gasteiger partial charge in [-0.2, -0.15) is 0 Å². The first-order chi connectivity index (χ1) is 12.1. The lowest BCUT2D eigenvalue weighted by Gasteiger charge is -2.16. The third-order valence-electron chi connectivity index (χ3n) is 4.98. The highest BCUT2D eigenvalue weighted by atomic mass is 16.1. The summed E-state index contributed by atoms with van der Waals surface area (Å²) in [6, 6.07) is 16.2. The molecule has 0 aliphatic heterocycles. The number of hydrogen-bond donors (Lipinski definition) is 1. The average molecular weight is 328 g/mol. The van der Waals surface area contributed by atoms with E-state index in [9.17, 15) is 4.79 Å². The Hall–Kier alpha value is -2.94. The van der Waals surface area contributed by atoms with Crippen molar-refractivity contribution >= 4 is 38.5 Å². The molecule has 0 unspecified atom stereocenters. The topological polar surface area (TPSA) is 42.0 Å². The molecule has 25 heavy (non-hydrogen) atoms. The number of carbonyl (C=O) groups is 1. The van der Waals surface area contributed by atoms with Crippen LogP contribution in [0, 0.1) is 13.8 Å². The van der Waals surface area contributed by atoms with E-state index < -0.39 is 0 Å². The molecule has 0 saturated carbocycles. The lowest BCUT2D eigenvalue weighted by Crippen LogP contribution is -2.23. The quantitative estimate of drug-likeness (QED) is 0.420. The van der Waals surface area contributed by atoms with E-state index in [-0.39, 0.29) is 5.91 Å². The maximum Gasteiger partial charge on any atom is 0.252 e. The van der Waals surface area contributed by atoms with E-state index in [2.05, 4.69) is 31.3 Å². The highest BCUT2D eigenvalue weighted by molar-refractivity contribution is 6.22. The third kappa shape index (κ3) is 2.27. The van der Waals surface area contributed by atoms with Crippen molar-refractivity contribution in [3.05, 3.63) is 65.2 Å². The molecule has 1 heterocycles. The highest BCUT2D eigenvalue weighted by Crippen LogP contribution is 2.36. The van der Waals surface area contributed by atoms with Crippen molar-refractivity contribution in [1.29, 1.82) is 0 Å². The summed E-state index contributed by atoms with van der Waals surface area (Å²) in [7, 11) is 0. The molecule has 0 aliphatic rings. The lowest BCUT2D eigenvalue weighted by atomic mass is 9.91. The van der Waals surface area contributed by atoms with Gasteiger partial charge in [-0.1, -0.05) is 42.5 Å². The van der Waals surface area contributed by atoms with Crippen molar-refractivity contribution in [2.75, 3.05) is 6.54 Å². The van der Waals surface area contributed by atoms with Crippen LogP contribution in [-0.4, -0.2) is 17.4 Å². The van der Waals surface area contributed by atoms with Crippen molar-refractivity contribution in [2.45, 2.75) is 20.8 Å². The fourth-order valence-corrected chi connectivity index (χ4v) is 3.66. The molecular formula is C22H20N2O. The first-order valence-corrected chi connectivity index (χ1v) is 8.62. The fraction of sp³-hybridized carbons (Fsp3) is 0.182. The van der Waals surface area contributed by atoms with Crippen LogP contribution in [0.1, 0.15) is 28.4 Å². The number of carbonyl (C=O) groups excluding carboxylic acids is 1. The maximum atomic E-state index is 12.9. The Morgan fingerprint density at radius 1 is 0.920 bits per heavy atom. The minimum absolute atomic E-state index is 0.0381. The molecule has 1 N–H and O–H groups in total. The van der Waals surface area contributed by atoms with Crippen molar-refractivity contribution < 1.29 is 4.79 Å². The zero-order valence-electron chi connectivity index (χ0n) is 14.7. The van der Waals surface area contributed by atoms with E-state index in [1.54, 1.807) is 0 Å². The van der Waals surface area contributed by atoms with Crippen LogP contribution in [0.3, 0.4) is 0 Å². The minimum atomic E-state index is -0.0381. The van der Waals surface area contributed by atoms with Gasteiger partial charge in [-0.15, -0.1) is 0 Å². The Bertz CT molecular complexity index is 1150. The van der Waals surface area contributed by atoms with E-state index in [4.69, 9.17) is 4.98 Å². The molecule has 4 aromatic rings. The van der Waals surface area contributed by atoms with Gasteiger partial charge in [-0.25, -0.2) is 4.98 Å². The lowest BCUT2D eigenvalue weighted by molar-refractivity contribution is 0.0959. The molecule has 0 saturated heterocycles. The van der Waals surface area contributed by atoms with Gasteiger partial charge < -0.3 is 5.32 Å². The van der Waals surface area contributed by atoms with Crippen LogP contribution < -0.4 is 5.32 Å². The van der Waals surface area contributed by atoms with Crippen molar-refractivity contribution in [3.8, 4) is 0 Å². The van der Waals surface area contributed by atoms with Crippen molar-refractivity contribution in [2.24, 2.45) is 0 Å². The van der Waals surface area contributed by atoms with Gasteiger partial charge in [0.1, 0.15) is 0 Å². The maximum absolute atomic E-state index is 12.9. The largest absolute Gasteiger partial charge is 0.352 e. The van der Waals surface area contributed by atoms with Gasteiger partial charge in [0.05, 0.1) is 16.6 Å². The van der Waals surface area contributed by atoms with Gasteiger partial charge in [0, 0.05) is 22.7 Å². The predicted molar refractivity (Wildman–Crippen MR) is 104 cm³/mol. The van der Waals surface area contributed by atoms with Crippen LogP contribution in [0.15, 0.2) is 48.5 Å². The SMILES string of the molecule is CCNC(=O)c1c2ccccc2nc2c1c(C)c(C)c1ccccc12. The zero-order chi connectivity index (χ0) is 17.6. The first kappa shape index (κ1) is 15.6. The molecular weight excluding hydrogens is 308 g/mol. The van der Waals surface area contributed by atoms with E-state index in [1.807, 2.05) is 43.3 Å². The predicted octanol–water partition coefficient (Wildman–Crippen LogP) is 4.91. The van der Waals surface area contributed by atoms with E-state index in [0.29, 0.717) is 6.54 Å². The van der Waals surface area contributed by atoms with Crippen molar-refractivity contribution in [1.82, 2.24) is 10.3 Å². The number of aryl methyl sites for hydroxylation is 2. The van der Waals surface area contributed by atoms with Crippen LogP contribution in [0.4, 0.5) is 0 Å². The number of amides is 1. The molecule has 0 bridgehead atoms. The summed E-state index contributed by atoms with van der Waals surface area (Å²) in [5.41, 5.74) is 4.80. The van der Waals surface area contributed by atoms with Crippen LogP contribution in [0.5, 0.6) is 0 Å². The van der Waals surface area contributed by atoms with Crippen molar-refractivity contribution in [3.63, 3.8) is 0 Å². The second-order valence-corrected chi connectivity index (χ2v) is 6.38. The number of nitrogens with one attached hydrogen (secondary N) is 1. The van der Waals surface area contributed by atoms with E-state index in [0.717, 1.165) is 38.3 Å². The Labute approximate surface area is 146 Å². The molecule has 3 nitrogen and oxygen atoms in total. The number of hydrogen-bond acceptors (Lipinski definition) is 2. The summed E-state index contributed by atoms with van der Waals surface area (Å²) < 4.78 is 0. The molecule has 4 rings (SSSR count). The minimum Gasteiger partial charge on any atom is -0.352 e. The summed E-state index contributed by atoms with van der Waals surface area (Å²) >= 11 is 0. The van der Waals surface area contributed by atoms with Crippen LogP contribution in [-0.2, 0) is 0 Å². The van der Waals surface area contributed by atoms with Gasteiger partial charge in [-0.05, 0) is 43.4 Å². The van der Waals surface area contributed by atoms with Gasteiger partial charge in [0.2, 0.25) is 0 Å². The molecule has 0 aliphatic carbocycles. The zero-order valence-corrected chi connectivity index (χ0v) is 14.7. The Balaban J connectivity index is 2.31. The van der Waals surface area contributed by atoms with Gasteiger partial charge in [0.15, 0.2) is 0 Å². The average Bonchev–Trinajstić information content (AvgIpc) is 2.64. The number of para-hydroxylation sites is 1. The third-order valence-corrected chi connectivity index (χ3v) is 4.98. The number of pyridine rings is 1. The van der Waals surface area contributed by atoms with E-state index in [1.165, 1.54) is 10.9 Å². The molecule has 3 aromatic carbocycles. The molecule has 3 heteroatoms. The monoisotopic (exact) mass is 328 g/mol. The number of aromatic nitrogens is 1. The van der Waals surface area contributed by atoms with E-state index >= 15 is 0 Å². The molecule has 124 valence electrons. The van der Waals surface area contributed by atoms with Gasteiger partial charge >= 0.3 is 0 Å². The molecule has 0 fully saturated rings. The second-order valence-electron chi connectivity index (χ2n) is 6.38. The fourth-order valence-electron chi connectivity index (χ4n) is 3.66. The van der Waals surface area contributed by atoms with Gasteiger partial charge in [0.25, 0.3) is 5.91 Å². The summed E-state index contributed by atoms with van der Waals surface area (Å²) in [5.74, 6) is -0.0381. The molecule has 1 aromatic heterocycles. The Kier molecular flexibility index (Phi) is 3.65. The number of rotatable bonds is 2. The number of benzene rings is 3. The molecule has 0 radical (unpaired) electrons. The number of fused-ring (bicyclic) bond motifs is 4. The smallest absolute Gasteiger partial charge is 0.252 e. The Morgan fingerprint density at radius 3 is 2.28 bits per heavy atom. The summed E-state index contributed by atoms with van der Waals surface area (Å²) in [4.78, 5) is 17.9. The summed E-state index contributed by atoms with van der Waals surface area (Å²) in [6.45, 7) is 6.75. The van der Waals surface area contributed by atoms with Crippen LogP contribution in [0.25, 0.3) is 32.6 Å². The van der Waals surface area contributed by atoms with Crippen LogP contribution in [0.2, 0.25) is 0 Å². The van der Waals surface area contributed by atoms with Crippen LogP contribution >= 0.6 is 0 Å². The summed E-state index contributed by atoms with van der Waals surface area (Å²) in [5, 5.41) is 7.12. The highest BCUT2D eigenvalue weighted by Gasteiger charge is 2.20. The standard InChI is InChI=1S/C22H20N2O/c1-4-23-22(25)20-17-11-7-8-12-18(17)24-21-16-10-6-5-9-15(16)13(2)14(3)19(20)21/h5-12H,4H2,1-3H3,(H,23,25). The number of nitrogens with zero attached hydrogens (tertiary/aromatic N) is 1.